The average molecular weight is 416 g/mol. The number of nitrogens with one attached hydrogen (secondary N) is 2. The number of carbonyl (C=O) groups excluding carboxylic acids is 3. The van der Waals surface area contributed by atoms with Crippen molar-refractivity contribution in [1.82, 2.24) is 10.2 Å². The molecule has 152 valence electrons. The number of urea groups is 1. The lowest BCUT2D eigenvalue weighted by atomic mass is 9.92. The minimum absolute atomic E-state index is 0.246. The van der Waals surface area contributed by atoms with Crippen LogP contribution in [0.15, 0.2) is 42.5 Å². The molecule has 2 aromatic rings. The average Bonchev–Trinajstić information content (AvgIpc) is 2.87. The number of amides is 4. The number of anilines is 1. The van der Waals surface area contributed by atoms with Gasteiger partial charge < -0.3 is 15.4 Å². The maximum Gasteiger partial charge on any atom is 0.325 e. The fraction of sp³-hybridized carbons (Fsp3) is 0.286. The first-order valence-corrected chi connectivity index (χ1v) is 9.43. The van der Waals surface area contributed by atoms with E-state index in [9.17, 15) is 14.4 Å². The molecule has 29 heavy (non-hydrogen) atoms. The van der Waals surface area contributed by atoms with E-state index >= 15 is 0 Å². The lowest BCUT2D eigenvalue weighted by Crippen LogP contribution is -2.46. The molecule has 0 unspecified atom stereocenters. The van der Waals surface area contributed by atoms with E-state index in [1.165, 1.54) is 0 Å². The largest absolute Gasteiger partial charge is 0.496 e. The molecule has 1 heterocycles. The first-order chi connectivity index (χ1) is 13.7. The zero-order chi connectivity index (χ0) is 21.2. The Kier molecular flexibility index (Phi) is 5.79. The molecule has 1 aliphatic heterocycles. The summed E-state index contributed by atoms with van der Waals surface area (Å²) in [5, 5.41) is 5.97. The summed E-state index contributed by atoms with van der Waals surface area (Å²) >= 11 is 5.92. The van der Waals surface area contributed by atoms with Crippen LogP contribution in [0.25, 0.3) is 0 Å². The Balaban J connectivity index is 1.72. The van der Waals surface area contributed by atoms with E-state index in [2.05, 4.69) is 10.6 Å². The molecule has 1 aliphatic rings. The van der Waals surface area contributed by atoms with Gasteiger partial charge in [0, 0.05) is 17.1 Å². The fourth-order valence-electron chi connectivity index (χ4n) is 3.34. The molecule has 1 saturated heterocycles. The molecule has 3 rings (SSSR count). The van der Waals surface area contributed by atoms with Gasteiger partial charge in [0.05, 0.1) is 7.11 Å². The molecule has 0 bridgehead atoms. The van der Waals surface area contributed by atoms with Gasteiger partial charge in [-0.2, -0.15) is 0 Å². The number of hydrogen-bond acceptors (Lipinski definition) is 4. The molecule has 0 aliphatic carbocycles. The third-order valence-electron chi connectivity index (χ3n) is 4.85. The number of carbonyl (C=O) groups is 3. The van der Waals surface area contributed by atoms with Crippen LogP contribution in [-0.2, 0) is 16.0 Å². The van der Waals surface area contributed by atoms with Gasteiger partial charge in [0.25, 0.3) is 5.91 Å². The van der Waals surface area contributed by atoms with Crippen molar-refractivity contribution in [2.75, 3.05) is 19.0 Å². The molecule has 1 atom stereocenters. The van der Waals surface area contributed by atoms with Crippen molar-refractivity contribution >= 4 is 35.1 Å². The summed E-state index contributed by atoms with van der Waals surface area (Å²) < 4.78 is 5.33. The summed E-state index contributed by atoms with van der Waals surface area (Å²) in [6.07, 6.45) is 0.246. The molecule has 4 amide bonds. The summed E-state index contributed by atoms with van der Waals surface area (Å²) in [5.74, 6) is -0.304. The van der Waals surface area contributed by atoms with Crippen LogP contribution in [-0.4, -0.2) is 41.9 Å². The highest BCUT2D eigenvalue weighted by molar-refractivity contribution is 6.30. The van der Waals surface area contributed by atoms with Crippen LogP contribution in [0.4, 0.5) is 10.5 Å². The molecule has 0 saturated carbocycles. The predicted octanol–water partition coefficient (Wildman–Crippen LogP) is 3.15. The van der Waals surface area contributed by atoms with Crippen molar-refractivity contribution in [2.45, 2.75) is 25.8 Å². The van der Waals surface area contributed by atoms with Crippen molar-refractivity contribution in [3.05, 3.63) is 58.6 Å². The third-order valence-corrected chi connectivity index (χ3v) is 5.08. The standard InChI is InChI=1S/C21H22ClN3O4/c1-13-10-15(22)8-9-16(13)23-18(26)12-25-19(27)21(2,24-20(25)28)11-14-6-4-5-7-17(14)29-3/h4-10H,11-12H2,1-3H3,(H,23,26)(H,24,28)/t21-/m1/s1. The van der Waals surface area contributed by atoms with Crippen LogP contribution < -0.4 is 15.4 Å². The summed E-state index contributed by atoms with van der Waals surface area (Å²) in [6.45, 7) is 3.06. The Morgan fingerprint density at radius 1 is 1.24 bits per heavy atom. The maximum absolute atomic E-state index is 12.9. The number of methoxy groups -OCH3 is 1. The summed E-state index contributed by atoms with van der Waals surface area (Å²) in [6, 6.07) is 11.7. The van der Waals surface area contributed by atoms with Gasteiger partial charge in [-0.05, 0) is 49.2 Å². The Morgan fingerprint density at radius 3 is 2.66 bits per heavy atom. The molecule has 0 radical (unpaired) electrons. The Hall–Kier alpha value is -3.06. The summed E-state index contributed by atoms with van der Waals surface area (Å²) in [7, 11) is 1.55. The number of rotatable bonds is 6. The van der Waals surface area contributed by atoms with Crippen LogP contribution in [0, 0.1) is 6.92 Å². The van der Waals surface area contributed by atoms with E-state index in [0.29, 0.717) is 16.5 Å². The van der Waals surface area contributed by atoms with Crippen LogP contribution >= 0.6 is 11.6 Å². The number of benzene rings is 2. The second-order valence-electron chi connectivity index (χ2n) is 7.15. The monoisotopic (exact) mass is 415 g/mol. The zero-order valence-electron chi connectivity index (χ0n) is 16.4. The van der Waals surface area contributed by atoms with Gasteiger partial charge in [0.1, 0.15) is 17.8 Å². The van der Waals surface area contributed by atoms with Gasteiger partial charge in [-0.1, -0.05) is 29.8 Å². The summed E-state index contributed by atoms with van der Waals surface area (Å²) in [5.41, 5.74) is 0.976. The SMILES string of the molecule is COc1ccccc1C[C@@]1(C)NC(=O)N(CC(=O)Nc2ccc(Cl)cc2C)C1=O. The van der Waals surface area contributed by atoms with E-state index in [0.717, 1.165) is 16.0 Å². The number of halogens is 1. The topological polar surface area (TPSA) is 87.7 Å². The van der Waals surface area contributed by atoms with Crippen LogP contribution in [0.5, 0.6) is 5.75 Å². The Bertz CT molecular complexity index is 978. The van der Waals surface area contributed by atoms with Gasteiger partial charge in [-0.3, -0.25) is 14.5 Å². The molecule has 8 heteroatoms. The number of ether oxygens (including phenoxy) is 1. The van der Waals surface area contributed by atoms with E-state index in [4.69, 9.17) is 16.3 Å². The first kappa shape index (κ1) is 20.7. The number of para-hydroxylation sites is 1. The molecule has 1 fully saturated rings. The van der Waals surface area contributed by atoms with Gasteiger partial charge in [-0.25, -0.2) is 4.79 Å². The highest BCUT2D eigenvalue weighted by Gasteiger charge is 2.48. The van der Waals surface area contributed by atoms with Crippen molar-refractivity contribution in [3.63, 3.8) is 0 Å². The third kappa shape index (κ3) is 4.35. The van der Waals surface area contributed by atoms with Crippen LogP contribution in [0.3, 0.4) is 0 Å². The smallest absolute Gasteiger partial charge is 0.325 e. The molecule has 2 N–H and O–H groups in total. The van der Waals surface area contributed by atoms with E-state index in [1.807, 2.05) is 18.2 Å². The first-order valence-electron chi connectivity index (χ1n) is 9.05. The zero-order valence-corrected chi connectivity index (χ0v) is 17.2. The van der Waals surface area contributed by atoms with Crippen LogP contribution in [0.2, 0.25) is 5.02 Å². The van der Waals surface area contributed by atoms with Crippen molar-refractivity contribution in [3.8, 4) is 5.75 Å². The second kappa shape index (κ2) is 8.13. The van der Waals surface area contributed by atoms with Crippen molar-refractivity contribution < 1.29 is 19.1 Å². The fourth-order valence-corrected chi connectivity index (χ4v) is 3.57. The summed E-state index contributed by atoms with van der Waals surface area (Å²) in [4.78, 5) is 38.7. The second-order valence-corrected chi connectivity index (χ2v) is 7.59. The molecule has 0 spiro atoms. The van der Waals surface area contributed by atoms with E-state index in [-0.39, 0.29) is 13.0 Å². The Morgan fingerprint density at radius 2 is 1.97 bits per heavy atom. The highest BCUT2D eigenvalue weighted by Crippen LogP contribution is 2.27. The van der Waals surface area contributed by atoms with Crippen LogP contribution in [0.1, 0.15) is 18.1 Å². The molecule has 2 aromatic carbocycles. The number of imide groups is 1. The minimum atomic E-state index is -1.16. The van der Waals surface area contributed by atoms with Crippen molar-refractivity contribution in [1.29, 1.82) is 0 Å². The van der Waals surface area contributed by atoms with Gasteiger partial charge in [0.15, 0.2) is 0 Å². The molecular weight excluding hydrogens is 394 g/mol. The quantitative estimate of drug-likeness (QED) is 0.709. The molecule has 7 nitrogen and oxygen atoms in total. The Labute approximate surface area is 174 Å². The minimum Gasteiger partial charge on any atom is -0.496 e. The number of aryl methyl sites for hydroxylation is 1. The van der Waals surface area contributed by atoms with Gasteiger partial charge in [-0.15, -0.1) is 0 Å². The molecule has 0 aromatic heterocycles. The van der Waals surface area contributed by atoms with E-state index in [1.54, 1.807) is 45.2 Å². The van der Waals surface area contributed by atoms with E-state index < -0.39 is 23.4 Å². The molecular formula is C21H22ClN3O4. The van der Waals surface area contributed by atoms with Gasteiger partial charge in [0.2, 0.25) is 5.91 Å². The van der Waals surface area contributed by atoms with Gasteiger partial charge >= 0.3 is 6.03 Å². The number of hydrogen-bond donors (Lipinski definition) is 2. The maximum atomic E-state index is 12.9. The number of nitrogens with zero attached hydrogens (tertiary/aromatic N) is 1. The predicted molar refractivity (Wildman–Crippen MR) is 110 cm³/mol. The lowest BCUT2D eigenvalue weighted by Gasteiger charge is -2.22. The van der Waals surface area contributed by atoms with Crippen molar-refractivity contribution in [2.24, 2.45) is 0 Å². The normalized spacial score (nSPS) is 18.6. The lowest BCUT2D eigenvalue weighted by molar-refractivity contribution is -0.133. The highest BCUT2D eigenvalue weighted by atomic mass is 35.5.